The van der Waals surface area contributed by atoms with Gasteiger partial charge in [-0.05, 0) is 30.0 Å². The Morgan fingerprint density at radius 2 is 1.78 bits per heavy atom. The number of hydrogen-bond acceptors (Lipinski definition) is 6. The molecule has 0 unspecified atom stereocenters. The molecule has 7 nitrogen and oxygen atoms in total. The Kier molecular flexibility index (Phi) is 5.75. The summed E-state index contributed by atoms with van der Waals surface area (Å²) in [6.45, 7) is 3.21. The predicted molar refractivity (Wildman–Crippen MR) is 103 cm³/mol. The van der Waals surface area contributed by atoms with Crippen molar-refractivity contribution in [2.24, 2.45) is 0 Å². The van der Waals surface area contributed by atoms with Gasteiger partial charge in [0.15, 0.2) is 6.61 Å². The first-order chi connectivity index (χ1) is 13.0. The topological polar surface area (TPSA) is 92.9 Å². The second-order valence-corrected chi connectivity index (χ2v) is 7.21. The summed E-state index contributed by atoms with van der Waals surface area (Å²) in [6.07, 6.45) is 0. The minimum Gasteiger partial charge on any atom is -0.452 e. The Morgan fingerprint density at radius 3 is 2.44 bits per heavy atom. The molecule has 2 heterocycles. The molecule has 1 aromatic heterocycles. The molecule has 3 rings (SSSR count). The van der Waals surface area contributed by atoms with Crippen molar-refractivity contribution in [3.63, 3.8) is 0 Å². The minimum atomic E-state index is -0.615. The molecule has 1 aliphatic rings. The number of benzene rings is 1. The zero-order chi connectivity index (χ0) is 19.4. The highest BCUT2D eigenvalue weighted by atomic mass is 32.1. The van der Waals surface area contributed by atoms with Gasteiger partial charge >= 0.3 is 5.97 Å². The van der Waals surface area contributed by atoms with E-state index in [4.69, 9.17) is 10.5 Å². The Hall–Kier alpha value is -2.87. The molecule has 2 amide bonds. The molecule has 2 N–H and O–H groups in total. The van der Waals surface area contributed by atoms with E-state index >= 15 is 0 Å². The highest BCUT2D eigenvalue weighted by Crippen LogP contribution is 2.18. The second-order valence-electron chi connectivity index (χ2n) is 6.26. The van der Waals surface area contributed by atoms with Gasteiger partial charge in [-0.2, -0.15) is 0 Å². The number of nitrogens with two attached hydrogens (primary N) is 1. The van der Waals surface area contributed by atoms with Crippen LogP contribution in [0.1, 0.15) is 25.6 Å². The summed E-state index contributed by atoms with van der Waals surface area (Å²) >= 11 is 1.40. The number of aryl methyl sites for hydroxylation is 1. The maximum Gasteiger partial charge on any atom is 0.340 e. The average Bonchev–Trinajstić information content (AvgIpc) is 3.22. The number of rotatable bonds is 4. The van der Waals surface area contributed by atoms with Crippen LogP contribution in [0.25, 0.3) is 0 Å². The van der Waals surface area contributed by atoms with E-state index in [1.54, 1.807) is 41.0 Å². The number of carbonyl (C=O) groups excluding carboxylic acids is 3. The van der Waals surface area contributed by atoms with Crippen LogP contribution in [0.5, 0.6) is 0 Å². The summed E-state index contributed by atoms with van der Waals surface area (Å²) in [7, 11) is 0. The van der Waals surface area contributed by atoms with Crippen LogP contribution < -0.4 is 5.73 Å². The lowest BCUT2D eigenvalue weighted by atomic mass is 10.1. The third kappa shape index (κ3) is 4.28. The summed E-state index contributed by atoms with van der Waals surface area (Å²) in [6, 6.07) is 8.72. The SMILES string of the molecule is Cc1cccc(C(=O)OCC(=O)N2CCN(C(=O)c3cccs3)CC2)c1N. The number of nitrogens with zero attached hydrogens (tertiary/aromatic N) is 2. The van der Waals surface area contributed by atoms with Gasteiger partial charge in [0, 0.05) is 31.9 Å². The molecular formula is C19H21N3O4S. The van der Waals surface area contributed by atoms with Crippen LogP contribution in [-0.4, -0.2) is 60.4 Å². The molecule has 1 aromatic carbocycles. The molecule has 2 aromatic rings. The van der Waals surface area contributed by atoms with Crippen LogP contribution in [0, 0.1) is 6.92 Å². The van der Waals surface area contributed by atoms with Crippen molar-refractivity contribution < 1.29 is 19.1 Å². The summed E-state index contributed by atoms with van der Waals surface area (Å²) in [5.74, 6) is -0.910. The fourth-order valence-corrected chi connectivity index (χ4v) is 3.56. The molecule has 27 heavy (non-hydrogen) atoms. The fourth-order valence-electron chi connectivity index (χ4n) is 2.87. The maximum atomic E-state index is 12.3. The van der Waals surface area contributed by atoms with E-state index in [-0.39, 0.29) is 24.0 Å². The van der Waals surface area contributed by atoms with Gasteiger partial charge in [-0.25, -0.2) is 4.79 Å². The molecule has 0 spiro atoms. The quantitative estimate of drug-likeness (QED) is 0.638. The summed E-state index contributed by atoms with van der Waals surface area (Å²) in [4.78, 5) is 40.8. The predicted octanol–water partition coefficient (Wildman–Crippen LogP) is 1.78. The Morgan fingerprint density at radius 1 is 1.07 bits per heavy atom. The molecule has 0 radical (unpaired) electrons. The Bertz CT molecular complexity index is 843. The lowest BCUT2D eigenvalue weighted by Crippen LogP contribution is -2.51. The average molecular weight is 387 g/mol. The number of thiophene rings is 1. The third-order valence-corrected chi connectivity index (χ3v) is 5.38. The minimum absolute atomic E-state index is 0.0153. The van der Waals surface area contributed by atoms with Gasteiger partial charge in [0.1, 0.15) is 0 Å². The van der Waals surface area contributed by atoms with Crippen LogP contribution in [0.2, 0.25) is 0 Å². The maximum absolute atomic E-state index is 12.3. The molecule has 0 bridgehead atoms. The molecule has 1 aliphatic heterocycles. The second kappa shape index (κ2) is 8.22. The molecule has 1 saturated heterocycles. The van der Waals surface area contributed by atoms with Gasteiger partial charge in [-0.3, -0.25) is 9.59 Å². The molecule has 0 atom stereocenters. The van der Waals surface area contributed by atoms with Gasteiger partial charge in [-0.1, -0.05) is 18.2 Å². The lowest BCUT2D eigenvalue weighted by Gasteiger charge is -2.34. The van der Waals surface area contributed by atoms with Crippen molar-refractivity contribution in [1.29, 1.82) is 0 Å². The van der Waals surface area contributed by atoms with Crippen molar-refractivity contribution >= 4 is 34.8 Å². The van der Waals surface area contributed by atoms with Crippen LogP contribution in [0.3, 0.4) is 0 Å². The molecule has 142 valence electrons. The third-order valence-electron chi connectivity index (χ3n) is 4.52. The first kappa shape index (κ1) is 18.9. The van der Waals surface area contributed by atoms with Gasteiger partial charge in [-0.15, -0.1) is 11.3 Å². The summed E-state index contributed by atoms with van der Waals surface area (Å²) in [5.41, 5.74) is 7.28. The molecular weight excluding hydrogens is 366 g/mol. The number of esters is 1. The number of para-hydroxylation sites is 1. The van der Waals surface area contributed by atoms with Crippen LogP contribution in [-0.2, 0) is 9.53 Å². The standard InChI is InChI=1S/C19H21N3O4S/c1-13-4-2-5-14(17(13)20)19(25)26-12-16(23)21-7-9-22(10-8-21)18(24)15-6-3-11-27-15/h2-6,11H,7-10,12,20H2,1H3. The molecule has 0 saturated carbocycles. The van der Waals surface area contributed by atoms with Crippen LogP contribution in [0.15, 0.2) is 35.7 Å². The van der Waals surface area contributed by atoms with E-state index in [1.807, 2.05) is 11.4 Å². The van der Waals surface area contributed by atoms with Crippen LogP contribution >= 0.6 is 11.3 Å². The van der Waals surface area contributed by atoms with Crippen molar-refractivity contribution in [3.8, 4) is 0 Å². The zero-order valence-corrected chi connectivity index (χ0v) is 15.8. The molecule has 8 heteroatoms. The monoisotopic (exact) mass is 387 g/mol. The Balaban J connectivity index is 1.49. The number of anilines is 1. The Labute approximate surface area is 161 Å². The van der Waals surface area contributed by atoms with Crippen molar-refractivity contribution in [3.05, 3.63) is 51.7 Å². The van der Waals surface area contributed by atoms with E-state index in [9.17, 15) is 14.4 Å². The number of piperazine rings is 1. The molecule has 1 fully saturated rings. The van der Waals surface area contributed by atoms with E-state index in [0.717, 1.165) is 5.56 Å². The van der Waals surface area contributed by atoms with E-state index < -0.39 is 5.97 Å². The van der Waals surface area contributed by atoms with Gasteiger partial charge in [0.05, 0.1) is 10.4 Å². The van der Waals surface area contributed by atoms with Gasteiger partial charge in [0.2, 0.25) is 0 Å². The van der Waals surface area contributed by atoms with E-state index in [2.05, 4.69) is 0 Å². The number of nitrogen functional groups attached to an aromatic ring is 1. The number of carbonyl (C=O) groups is 3. The normalized spacial score (nSPS) is 14.1. The number of ether oxygens (including phenoxy) is 1. The largest absolute Gasteiger partial charge is 0.452 e. The van der Waals surface area contributed by atoms with Crippen molar-refractivity contribution in [2.75, 3.05) is 38.5 Å². The van der Waals surface area contributed by atoms with E-state index in [1.165, 1.54) is 11.3 Å². The van der Waals surface area contributed by atoms with Crippen molar-refractivity contribution in [2.45, 2.75) is 6.92 Å². The van der Waals surface area contributed by atoms with Gasteiger partial charge < -0.3 is 20.3 Å². The number of hydrogen-bond donors (Lipinski definition) is 1. The van der Waals surface area contributed by atoms with Gasteiger partial charge in [0.25, 0.3) is 11.8 Å². The summed E-state index contributed by atoms with van der Waals surface area (Å²) in [5, 5.41) is 1.86. The fraction of sp³-hybridized carbons (Fsp3) is 0.316. The first-order valence-electron chi connectivity index (χ1n) is 8.60. The lowest BCUT2D eigenvalue weighted by molar-refractivity contribution is -0.136. The van der Waals surface area contributed by atoms with Crippen molar-refractivity contribution in [1.82, 2.24) is 9.80 Å². The smallest absolute Gasteiger partial charge is 0.340 e. The van der Waals surface area contributed by atoms with Crippen LogP contribution in [0.4, 0.5) is 5.69 Å². The summed E-state index contributed by atoms with van der Waals surface area (Å²) < 4.78 is 5.12. The first-order valence-corrected chi connectivity index (χ1v) is 9.48. The van der Waals surface area contributed by atoms with E-state index in [0.29, 0.717) is 36.7 Å². The zero-order valence-electron chi connectivity index (χ0n) is 15.0. The number of amides is 2. The highest BCUT2D eigenvalue weighted by Gasteiger charge is 2.26. The highest BCUT2D eigenvalue weighted by molar-refractivity contribution is 7.12. The molecule has 0 aliphatic carbocycles.